The Labute approximate surface area is 105 Å². The first-order valence-corrected chi connectivity index (χ1v) is 6.42. The zero-order valence-corrected chi connectivity index (χ0v) is 11.5. The summed E-state index contributed by atoms with van der Waals surface area (Å²) in [6.45, 7) is 12.7. The first-order valence-electron chi connectivity index (χ1n) is 6.42. The number of nitriles is 1. The zero-order valence-electron chi connectivity index (χ0n) is 11.5. The van der Waals surface area contributed by atoms with Crippen molar-refractivity contribution in [2.45, 2.75) is 45.2 Å². The fraction of sp³-hybridized carbons (Fsp3) is 0.923. The third kappa shape index (κ3) is 3.95. The summed E-state index contributed by atoms with van der Waals surface area (Å²) in [7, 11) is 0. The van der Waals surface area contributed by atoms with Gasteiger partial charge in [0.25, 0.3) is 0 Å². The van der Waals surface area contributed by atoms with Gasteiger partial charge in [0.2, 0.25) is 0 Å². The van der Waals surface area contributed by atoms with Gasteiger partial charge in [-0.15, -0.1) is 0 Å². The van der Waals surface area contributed by atoms with Gasteiger partial charge in [0, 0.05) is 18.6 Å². The van der Waals surface area contributed by atoms with Gasteiger partial charge in [-0.25, -0.2) is 0 Å². The molecule has 4 heteroatoms. The molecule has 1 N–H and O–H groups in total. The number of rotatable bonds is 5. The van der Waals surface area contributed by atoms with Crippen molar-refractivity contribution in [3.05, 3.63) is 0 Å². The molecule has 1 atom stereocenters. The van der Waals surface area contributed by atoms with Crippen molar-refractivity contribution in [3.63, 3.8) is 0 Å². The van der Waals surface area contributed by atoms with E-state index in [1.165, 1.54) is 0 Å². The first kappa shape index (κ1) is 14.4. The second-order valence-corrected chi connectivity index (χ2v) is 5.58. The summed E-state index contributed by atoms with van der Waals surface area (Å²) in [5.41, 5.74) is -0.329. The van der Waals surface area contributed by atoms with Gasteiger partial charge in [-0.05, 0) is 33.7 Å². The van der Waals surface area contributed by atoms with Crippen molar-refractivity contribution in [1.82, 2.24) is 10.2 Å². The normalized spacial score (nSPS) is 23.9. The second-order valence-electron chi connectivity index (χ2n) is 5.58. The molecule has 1 unspecified atom stereocenters. The van der Waals surface area contributed by atoms with Crippen molar-refractivity contribution in [3.8, 4) is 6.07 Å². The summed E-state index contributed by atoms with van der Waals surface area (Å²) in [5.74, 6) is 0. The number of morpholine rings is 1. The smallest absolute Gasteiger partial charge is 0.105 e. The largest absolute Gasteiger partial charge is 0.378 e. The Kier molecular flexibility index (Phi) is 4.93. The second kappa shape index (κ2) is 5.81. The molecular formula is C13H25N3O. The molecule has 17 heavy (non-hydrogen) atoms. The average Bonchev–Trinajstić information content (AvgIpc) is 2.27. The maximum absolute atomic E-state index is 9.22. The first-order chi connectivity index (χ1) is 7.93. The molecule has 0 spiro atoms. The monoisotopic (exact) mass is 239 g/mol. The lowest BCUT2D eigenvalue weighted by atomic mass is 9.96. The molecule has 4 nitrogen and oxygen atoms in total. The van der Waals surface area contributed by atoms with Gasteiger partial charge in [-0.1, -0.05) is 6.92 Å². The lowest BCUT2D eigenvalue weighted by molar-refractivity contribution is -0.0527. The topological polar surface area (TPSA) is 48.3 Å². The van der Waals surface area contributed by atoms with Crippen LogP contribution in [0.3, 0.4) is 0 Å². The molecule has 0 aliphatic carbocycles. The van der Waals surface area contributed by atoms with Gasteiger partial charge >= 0.3 is 0 Å². The van der Waals surface area contributed by atoms with Gasteiger partial charge in [-0.2, -0.15) is 5.26 Å². The molecule has 0 radical (unpaired) electrons. The van der Waals surface area contributed by atoms with E-state index in [9.17, 15) is 5.26 Å². The Morgan fingerprint density at radius 1 is 1.53 bits per heavy atom. The fourth-order valence-corrected chi connectivity index (χ4v) is 2.24. The van der Waals surface area contributed by atoms with Crippen LogP contribution in [0.5, 0.6) is 0 Å². The van der Waals surface area contributed by atoms with Crippen molar-refractivity contribution >= 4 is 0 Å². The van der Waals surface area contributed by atoms with E-state index in [1.807, 2.05) is 13.8 Å². The Morgan fingerprint density at radius 2 is 2.24 bits per heavy atom. The molecule has 0 aromatic heterocycles. The van der Waals surface area contributed by atoms with Crippen LogP contribution in [-0.4, -0.2) is 48.8 Å². The third-order valence-electron chi connectivity index (χ3n) is 3.51. The predicted octanol–water partition coefficient (Wildman–Crippen LogP) is 1.38. The minimum atomic E-state index is -0.414. The SMILES string of the molecule is CCNC(C)(C#N)CCN1CCOCC1(C)C. The number of hydrogen-bond donors (Lipinski definition) is 1. The summed E-state index contributed by atoms with van der Waals surface area (Å²) < 4.78 is 5.50. The van der Waals surface area contributed by atoms with Crippen LogP contribution in [0.4, 0.5) is 0 Å². The third-order valence-corrected chi connectivity index (χ3v) is 3.51. The molecule has 1 aliphatic rings. The molecule has 0 aromatic rings. The minimum Gasteiger partial charge on any atom is -0.378 e. The molecule has 0 saturated carbocycles. The van der Waals surface area contributed by atoms with Crippen molar-refractivity contribution in [2.24, 2.45) is 0 Å². The summed E-state index contributed by atoms with van der Waals surface area (Å²) in [6, 6.07) is 2.38. The number of ether oxygens (including phenoxy) is 1. The molecule has 0 amide bonds. The van der Waals surface area contributed by atoms with Crippen LogP contribution in [0.25, 0.3) is 0 Å². The van der Waals surface area contributed by atoms with Gasteiger partial charge in [-0.3, -0.25) is 10.2 Å². The van der Waals surface area contributed by atoms with Crippen LogP contribution in [0.15, 0.2) is 0 Å². The van der Waals surface area contributed by atoms with Crippen LogP contribution < -0.4 is 5.32 Å². The maximum Gasteiger partial charge on any atom is 0.105 e. The van der Waals surface area contributed by atoms with E-state index in [2.05, 4.69) is 30.1 Å². The van der Waals surface area contributed by atoms with E-state index >= 15 is 0 Å². The van der Waals surface area contributed by atoms with E-state index in [-0.39, 0.29) is 5.54 Å². The van der Waals surface area contributed by atoms with Gasteiger partial charge in [0.15, 0.2) is 0 Å². The van der Waals surface area contributed by atoms with Gasteiger partial charge in [0.1, 0.15) is 5.54 Å². The quantitative estimate of drug-likeness (QED) is 0.787. The van der Waals surface area contributed by atoms with E-state index in [0.717, 1.165) is 39.3 Å². The van der Waals surface area contributed by atoms with E-state index in [4.69, 9.17) is 4.74 Å². The van der Waals surface area contributed by atoms with E-state index < -0.39 is 5.54 Å². The molecule has 1 fully saturated rings. The summed E-state index contributed by atoms with van der Waals surface area (Å²) in [6.07, 6.45) is 0.848. The van der Waals surface area contributed by atoms with Crippen LogP contribution in [-0.2, 0) is 4.74 Å². The maximum atomic E-state index is 9.22. The van der Waals surface area contributed by atoms with Crippen LogP contribution >= 0.6 is 0 Å². The summed E-state index contributed by atoms with van der Waals surface area (Å²) in [4.78, 5) is 2.42. The lowest BCUT2D eigenvalue weighted by Crippen LogP contribution is -2.55. The Bertz CT molecular complexity index is 285. The molecule has 1 heterocycles. The molecule has 0 bridgehead atoms. The summed E-state index contributed by atoms with van der Waals surface area (Å²) in [5, 5.41) is 12.5. The number of nitrogens with one attached hydrogen (secondary N) is 1. The molecule has 98 valence electrons. The van der Waals surface area contributed by atoms with Crippen LogP contribution in [0, 0.1) is 11.3 Å². The Balaban J connectivity index is 2.51. The highest BCUT2D eigenvalue weighted by Gasteiger charge is 2.32. The Hall–Kier alpha value is -0.630. The molecule has 1 rings (SSSR count). The fourth-order valence-electron chi connectivity index (χ4n) is 2.24. The van der Waals surface area contributed by atoms with Crippen molar-refractivity contribution in [2.75, 3.05) is 32.8 Å². The molecular weight excluding hydrogens is 214 g/mol. The highest BCUT2D eigenvalue weighted by Crippen LogP contribution is 2.21. The Morgan fingerprint density at radius 3 is 2.76 bits per heavy atom. The standard InChI is InChI=1S/C13H25N3O/c1-5-15-13(4,10-14)6-7-16-8-9-17-11-12(16,2)3/h15H,5-9,11H2,1-4H3. The van der Waals surface area contributed by atoms with Crippen LogP contribution in [0.2, 0.25) is 0 Å². The highest BCUT2D eigenvalue weighted by molar-refractivity contribution is 5.04. The van der Waals surface area contributed by atoms with E-state index in [1.54, 1.807) is 0 Å². The zero-order chi connectivity index (χ0) is 12.9. The molecule has 1 saturated heterocycles. The van der Waals surface area contributed by atoms with E-state index in [0.29, 0.717) is 0 Å². The average molecular weight is 239 g/mol. The number of nitrogens with zero attached hydrogens (tertiary/aromatic N) is 2. The highest BCUT2D eigenvalue weighted by atomic mass is 16.5. The molecule has 0 aromatic carbocycles. The van der Waals surface area contributed by atoms with Crippen molar-refractivity contribution < 1.29 is 4.74 Å². The van der Waals surface area contributed by atoms with Crippen molar-refractivity contribution in [1.29, 1.82) is 5.26 Å². The van der Waals surface area contributed by atoms with Gasteiger partial charge in [0.05, 0.1) is 19.3 Å². The minimum absolute atomic E-state index is 0.0842. The summed E-state index contributed by atoms with van der Waals surface area (Å²) >= 11 is 0. The van der Waals surface area contributed by atoms with Gasteiger partial charge < -0.3 is 4.74 Å². The predicted molar refractivity (Wildman–Crippen MR) is 68.8 cm³/mol. The lowest BCUT2D eigenvalue weighted by Gasteiger charge is -2.43. The van der Waals surface area contributed by atoms with Crippen LogP contribution in [0.1, 0.15) is 34.1 Å². The number of hydrogen-bond acceptors (Lipinski definition) is 4. The molecule has 1 aliphatic heterocycles.